The molecule has 3 atom stereocenters. The standard InChI is InChI=1S/C20H19NO/c1-21-19(14-7-3-2-4-8-14)18-15-11-5-9-13-10-6-12-16(17(13)15)20(18)22/h2-12,18-22H,1H3/t18-,19+,20-/m0/s1. The van der Waals surface area contributed by atoms with Crippen molar-refractivity contribution in [2.75, 3.05) is 7.05 Å². The van der Waals surface area contributed by atoms with Gasteiger partial charge in [0, 0.05) is 12.0 Å². The van der Waals surface area contributed by atoms with Crippen molar-refractivity contribution in [2.24, 2.45) is 0 Å². The van der Waals surface area contributed by atoms with Crippen LogP contribution in [0.3, 0.4) is 0 Å². The summed E-state index contributed by atoms with van der Waals surface area (Å²) >= 11 is 0. The molecule has 3 aromatic rings. The summed E-state index contributed by atoms with van der Waals surface area (Å²) in [6, 6.07) is 23.0. The van der Waals surface area contributed by atoms with Gasteiger partial charge in [-0.3, -0.25) is 0 Å². The SMILES string of the molecule is CN[C@H](c1ccccc1)[C@@H]1c2cccc3cccc(c23)[C@@H]1O. The van der Waals surface area contributed by atoms with Gasteiger partial charge in [-0.25, -0.2) is 0 Å². The van der Waals surface area contributed by atoms with Crippen LogP contribution in [0.1, 0.15) is 34.8 Å². The number of nitrogens with one attached hydrogen (secondary N) is 1. The van der Waals surface area contributed by atoms with Crippen molar-refractivity contribution in [3.63, 3.8) is 0 Å². The predicted octanol–water partition coefficient (Wildman–Crippen LogP) is 3.93. The van der Waals surface area contributed by atoms with Gasteiger partial charge in [0.15, 0.2) is 0 Å². The Hall–Kier alpha value is -2.16. The fourth-order valence-corrected chi connectivity index (χ4v) is 3.86. The van der Waals surface area contributed by atoms with Crippen LogP contribution in [0.5, 0.6) is 0 Å². The van der Waals surface area contributed by atoms with Gasteiger partial charge >= 0.3 is 0 Å². The Labute approximate surface area is 130 Å². The van der Waals surface area contributed by atoms with Crippen LogP contribution in [0.2, 0.25) is 0 Å². The molecule has 3 aromatic carbocycles. The number of hydrogen-bond acceptors (Lipinski definition) is 2. The summed E-state index contributed by atoms with van der Waals surface area (Å²) in [6.45, 7) is 0. The molecule has 2 nitrogen and oxygen atoms in total. The first-order chi connectivity index (χ1) is 10.8. The van der Waals surface area contributed by atoms with Gasteiger partial charge < -0.3 is 10.4 Å². The van der Waals surface area contributed by atoms with Crippen molar-refractivity contribution in [1.82, 2.24) is 5.32 Å². The minimum absolute atomic E-state index is 0.0356. The summed E-state index contributed by atoms with van der Waals surface area (Å²) in [5.74, 6) is 0.0356. The molecule has 0 radical (unpaired) electrons. The third-order valence-electron chi connectivity index (χ3n) is 4.82. The zero-order valence-corrected chi connectivity index (χ0v) is 12.5. The third-order valence-corrected chi connectivity index (χ3v) is 4.82. The largest absolute Gasteiger partial charge is 0.388 e. The highest BCUT2D eigenvalue weighted by molar-refractivity contribution is 5.92. The molecule has 4 rings (SSSR count). The summed E-state index contributed by atoms with van der Waals surface area (Å²) in [5, 5.41) is 16.8. The normalized spacial score (nSPS) is 21.2. The van der Waals surface area contributed by atoms with E-state index in [4.69, 9.17) is 0 Å². The molecule has 0 aliphatic heterocycles. The zero-order chi connectivity index (χ0) is 15.1. The van der Waals surface area contributed by atoms with E-state index in [1.54, 1.807) is 0 Å². The molecule has 0 bridgehead atoms. The van der Waals surface area contributed by atoms with Crippen LogP contribution in [-0.4, -0.2) is 12.2 Å². The third kappa shape index (κ3) is 1.88. The second-order valence-corrected chi connectivity index (χ2v) is 5.94. The van der Waals surface area contributed by atoms with Crippen LogP contribution in [-0.2, 0) is 0 Å². The highest BCUT2D eigenvalue weighted by Crippen LogP contribution is 2.50. The van der Waals surface area contributed by atoms with Gasteiger partial charge in [0.05, 0.1) is 6.10 Å². The molecular weight excluding hydrogens is 270 g/mol. The van der Waals surface area contributed by atoms with Crippen molar-refractivity contribution >= 4 is 10.8 Å². The molecule has 0 fully saturated rings. The van der Waals surface area contributed by atoms with E-state index in [1.165, 1.54) is 21.9 Å². The van der Waals surface area contributed by atoms with Crippen molar-refractivity contribution in [3.8, 4) is 0 Å². The van der Waals surface area contributed by atoms with Gasteiger partial charge in [-0.1, -0.05) is 66.7 Å². The summed E-state index contributed by atoms with van der Waals surface area (Å²) < 4.78 is 0. The smallest absolute Gasteiger partial charge is 0.0883 e. The first kappa shape index (κ1) is 13.5. The molecular formula is C20H19NO. The van der Waals surface area contributed by atoms with Crippen molar-refractivity contribution in [1.29, 1.82) is 0 Å². The highest BCUT2D eigenvalue weighted by atomic mass is 16.3. The number of aliphatic hydroxyl groups excluding tert-OH is 1. The lowest BCUT2D eigenvalue weighted by atomic mass is 9.86. The van der Waals surface area contributed by atoms with Crippen molar-refractivity contribution < 1.29 is 5.11 Å². The van der Waals surface area contributed by atoms with Crippen LogP contribution < -0.4 is 5.32 Å². The van der Waals surface area contributed by atoms with Gasteiger partial charge in [-0.05, 0) is 34.5 Å². The Morgan fingerprint density at radius 1 is 0.864 bits per heavy atom. The van der Waals surface area contributed by atoms with Gasteiger partial charge in [0.2, 0.25) is 0 Å². The number of hydrogen-bond donors (Lipinski definition) is 2. The van der Waals surface area contributed by atoms with E-state index >= 15 is 0 Å². The average Bonchev–Trinajstić information content (AvgIpc) is 2.85. The summed E-state index contributed by atoms with van der Waals surface area (Å²) in [4.78, 5) is 0. The fourth-order valence-electron chi connectivity index (χ4n) is 3.86. The Morgan fingerprint density at radius 3 is 2.23 bits per heavy atom. The van der Waals surface area contributed by atoms with Gasteiger partial charge in [0.25, 0.3) is 0 Å². The molecule has 0 aromatic heterocycles. The molecule has 1 aliphatic carbocycles. The Bertz CT molecular complexity index is 807. The van der Waals surface area contributed by atoms with E-state index < -0.39 is 6.10 Å². The van der Waals surface area contributed by atoms with Gasteiger partial charge in [-0.15, -0.1) is 0 Å². The highest BCUT2D eigenvalue weighted by Gasteiger charge is 2.38. The molecule has 1 aliphatic rings. The second-order valence-electron chi connectivity index (χ2n) is 5.94. The molecule has 0 saturated carbocycles. The van der Waals surface area contributed by atoms with Crippen molar-refractivity contribution in [3.05, 3.63) is 83.4 Å². The summed E-state index contributed by atoms with van der Waals surface area (Å²) in [7, 11) is 1.97. The lowest BCUT2D eigenvalue weighted by Gasteiger charge is -2.27. The monoisotopic (exact) mass is 289 g/mol. The first-order valence-corrected chi connectivity index (χ1v) is 7.73. The number of aliphatic hydroxyl groups is 1. The van der Waals surface area contributed by atoms with Crippen LogP contribution in [0.4, 0.5) is 0 Å². The lowest BCUT2D eigenvalue weighted by molar-refractivity contribution is 0.134. The van der Waals surface area contributed by atoms with Crippen LogP contribution in [0.25, 0.3) is 10.8 Å². The molecule has 0 heterocycles. The summed E-state index contributed by atoms with van der Waals surface area (Å²) in [5.41, 5.74) is 3.50. The van der Waals surface area contributed by atoms with Crippen LogP contribution >= 0.6 is 0 Å². The minimum Gasteiger partial charge on any atom is -0.388 e. The zero-order valence-electron chi connectivity index (χ0n) is 12.5. The maximum absolute atomic E-state index is 10.9. The fraction of sp³-hybridized carbons (Fsp3) is 0.200. The quantitative estimate of drug-likeness (QED) is 0.765. The predicted molar refractivity (Wildman–Crippen MR) is 89.9 cm³/mol. The number of benzene rings is 3. The Kier molecular flexibility index (Phi) is 3.21. The first-order valence-electron chi connectivity index (χ1n) is 7.73. The molecule has 0 unspecified atom stereocenters. The van der Waals surface area contributed by atoms with E-state index in [1.807, 2.05) is 25.2 Å². The average molecular weight is 289 g/mol. The van der Waals surface area contributed by atoms with E-state index in [0.29, 0.717) is 0 Å². The topological polar surface area (TPSA) is 32.3 Å². The van der Waals surface area contributed by atoms with E-state index in [9.17, 15) is 5.11 Å². The van der Waals surface area contributed by atoms with Gasteiger partial charge in [-0.2, -0.15) is 0 Å². The second kappa shape index (κ2) is 5.24. The van der Waals surface area contributed by atoms with Crippen LogP contribution in [0, 0.1) is 0 Å². The van der Waals surface area contributed by atoms with E-state index in [0.717, 1.165) is 5.56 Å². The Balaban J connectivity index is 1.89. The van der Waals surface area contributed by atoms with Gasteiger partial charge in [0.1, 0.15) is 0 Å². The molecule has 0 spiro atoms. The summed E-state index contributed by atoms with van der Waals surface area (Å²) in [6.07, 6.45) is -0.473. The minimum atomic E-state index is -0.473. The lowest BCUT2D eigenvalue weighted by Crippen LogP contribution is -2.26. The van der Waals surface area contributed by atoms with E-state index in [-0.39, 0.29) is 12.0 Å². The molecule has 0 saturated heterocycles. The van der Waals surface area contributed by atoms with E-state index in [2.05, 4.69) is 53.8 Å². The van der Waals surface area contributed by atoms with Crippen molar-refractivity contribution in [2.45, 2.75) is 18.1 Å². The molecule has 2 N–H and O–H groups in total. The maximum atomic E-state index is 10.9. The molecule has 2 heteroatoms. The number of likely N-dealkylation sites (N-methyl/N-ethyl adjacent to an activating group) is 1. The molecule has 0 amide bonds. The maximum Gasteiger partial charge on any atom is 0.0883 e. The number of rotatable bonds is 3. The Morgan fingerprint density at radius 2 is 1.55 bits per heavy atom. The molecule has 22 heavy (non-hydrogen) atoms. The van der Waals surface area contributed by atoms with Crippen LogP contribution in [0.15, 0.2) is 66.7 Å². The molecule has 110 valence electrons.